The number of halogens is 5. The Hall–Kier alpha value is -2.68. The van der Waals surface area contributed by atoms with Gasteiger partial charge in [-0.25, -0.2) is 17.2 Å². The summed E-state index contributed by atoms with van der Waals surface area (Å²) in [7, 11) is -3.96. The van der Waals surface area contributed by atoms with Crippen LogP contribution in [0.15, 0.2) is 47.4 Å². The molecule has 0 saturated carbocycles. The van der Waals surface area contributed by atoms with Gasteiger partial charge < -0.3 is 4.74 Å². The Morgan fingerprint density at radius 1 is 1.03 bits per heavy atom. The molecule has 0 unspecified atom stereocenters. The quantitative estimate of drug-likeness (QED) is 0.607. The Labute approximate surface area is 164 Å². The van der Waals surface area contributed by atoms with Crippen molar-refractivity contribution in [1.29, 1.82) is 0 Å². The molecule has 0 radical (unpaired) electrons. The molecule has 0 bridgehead atoms. The minimum absolute atomic E-state index is 0.159. The minimum Gasteiger partial charge on any atom is -0.405 e. The molecule has 3 rings (SSSR count). The number of allylic oxidation sites excluding steroid dienone is 4. The summed E-state index contributed by atoms with van der Waals surface area (Å²) in [5.74, 6) is -2.45. The van der Waals surface area contributed by atoms with Gasteiger partial charge in [0.2, 0.25) is 0 Å². The van der Waals surface area contributed by atoms with Gasteiger partial charge in [0.15, 0.2) is 9.84 Å². The largest absolute Gasteiger partial charge is 0.573 e. The van der Waals surface area contributed by atoms with Crippen molar-refractivity contribution in [2.24, 2.45) is 0 Å². The smallest absolute Gasteiger partial charge is 0.405 e. The fraction of sp³-hybridized carbons (Fsp3) is 0.200. The molecule has 0 heterocycles. The van der Waals surface area contributed by atoms with Gasteiger partial charge >= 0.3 is 6.36 Å². The molecule has 1 aliphatic carbocycles. The van der Waals surface area contributed by atoms with Crippen LogP contribution in [0.2, 0.25) is 0 Å². The van der Waals surface area contributed by atoms with Crippen molar-refractivity contribution in [2.75, 3.05) is 6.26 Å². The van der Waals surface area contributed by atoms with E-state index in [1.165, 1.54) is 19.1 Å². The van der Waals surface area contributed by atoms with Crippen LogP contribution in [0, 0.1) is 18.6 Å². The molecule has 3 nitrogen and oxygen atoms in total. The zero-order chi connectivity index (χ0) is 21.6. The van der Waals surface area contributed by atoms with Gasteiger partial charge in [-0.05, 0) is 53.8 Å². The molecule has 154 valence electrons. The van der Waals surface area contributed by atoms with Crippen LogP contribution >= 0.6 is 0 Å². The molecule has 2 aromatic rings. The van der Waals surface area contributed by atoms with E-state index in [0.717, 1.165) is 12.3 Å². The number of rotatable bonds is 4. The molecule has 29 heavy (non-hydrogen) atoms. The summed E-state index contributed by atoms with van der Waals surface area (Å²) in [5.41, 5.74) is 1.13. The molecule has 0 aromatic heterocycles. The van der Waals surface area contributed by atoms with Crippen LogP contribution in [0.3, 0.4) is 0 Å². The Bertz CT molecular complexity index is 1150. The Morgan fingerprint density at radius 2 is 1.72 bits per heavy atom. The SMILES string of the molecule is Cc1ccc(C2=C(c3cc(F)c(S(C)(=O)=O)cc3F)CC=C2)cc1OC(F)(F)F. The summed E-state index contributed by atoms with van der Waals surface area (Å²) >= 11 is 0. The monoisotopic (exact) mass is 430 g/mol. The lowest BCUT2D eigenvalue weighted by Gasteiger charge is -2.15. The van der Waals surface area contributed by atoms with Gasteiger partial charge in [-0.1, -0.05) is 24.3 Å². The van der Waals surface area contributed by atoms with E-state index in [-0.39, 0.29) is 17.5 Å². The molecule has 9 heteroatoms. The first-order chi connectivity index (χ1) is 13.4. The molecule has 0 amide bonds. The highest BCUT2D eigenvalue weighted by molar-refractivity contribution is 7.90. The molecular formula is C20H15F5O3S. The van der Waals surface area contributed by atoms with Crippen LogP contribution in [0.5, 0.6) is 5.75 Å². The number of sulfone groups is 1. The highest BCUT2D eigenvalue weighted by Crippen LogP contribution is 2.39. The van der Waals surface area contributed by atoms with E-state index < -0.39 is 38.5 Å². The summed E-state index contributed by atoms with van der Waals surface area (Å²) in [4.78, 5) is -0.761. The highest BCUT2D eigenvalue weighted by atomic mass is 32.2. The summed E-state index contributed by atoms with van der Waals surface area (Å²) in [6, 6.07) is 5.54. The zero-order valence-corrected chi connectivity index (χ0v) is 16.1. The number of alkyl halides is 3. The fourth-order valence-corrected chi connectivity index (χ4v) is 3.81. The van der Waals surface area contributed by atoms with E-state index >= 15 is 0 Å². The Morgan fingerprint density at radius 3 is 2.34 bits per heavy atom. The molecule has 1 aliphatic rings. The van der Waals surface area contributed by atoms with Gasteiger partial charge in [-0.15, -0.1) is 13.2 Å². The second-order valence-electron chi connectivity index (χ2n) is 6.56. The maximum Gasteiger partial charge on any atom is 0.573 e. The van der Waals surface area contributed by atoms with Crippen molar-refractivity contribution in [1.82, 2.24) is 0 Å². The average Bonchev–Trinajstić information content (AvgIpc) is 3.05. The third kappa shape index (κ3) is 4.50. The van der Waals surface area contributed by atoms with E-state index in [0.29, 0.717) is 22.8 Å². The van der Waals surface area contributed by atoms with Crippen LogP contribution in [0.25, 0.3) is 11.1 Å². The third-order valence-electron chi connectivity index (χ3n) is 4.40. The van der Waals surface area contributed by atoms with Crippen LogP contribution in [0.1, 0.15) is 23.1 Å². The summed E-state index contributed by atoms with van der Waals surface area (Å²) in [6.07, 6.45) is -0.674. The summed E-state index contributed by atoms with van der Waals surface area (Å²) < 4.78 is 93.9. The molecule has 0 saturated heterocycles. The standard InChI is InChI=1S/C20H15F5O3S/c1-11-6-7-12(8-18(11)28-20(23,24)25)13-4-3-5-14(13)15-9-17(22)19(10-16(15)21)29(2,26)27/h3-4,6-10H,5H2,1-2H3. The fourth-order valence-electron chi connectivity index (χ4n) is 3.08. The topological polar surface area (TPSA) is 43.4 Å². The number of benzene rings is 2. The van der Waals surface area contributed by atoms with E-state index in [1.807, 2.05) is 0 Å². The van der Waals surface area contributed by atoms with Crippen molar-refractivity contribution >= 4 is 21.0 Å². The maximum absolute atomic E-state index is 14.6. The van der Waals surface area contributed by atoms with Crippen LogP contribution in [-0.2, 0) is 9.84 Å². The number of hydrogen-bond donors (Lipinski definition) is 0. The van der Waals surface area contributed by atoms with Gasteiger partial charge in [-0.2, -0.15) is 0 Å². The molecule has 0 spiro atoms. The van der Waals surface area contributed by atoms with Crippen LogP contribution in [0.4, 0.5) is 22.0 Å². The highest BCUT2D eigenvalue weighted by Gasteiger charge is 2.32. The van der Waals surface area contributed by atoms with Crippen molar-refractivity contribution < 1.29 is 35.1 Å². The first-order valence-corrected chi connectivity index (χ1v) is 10.2. The van der Waals surface area contributed by atoms with E-state index in [2.05, 4.69) is 4.74 Å². The van der Waals surface area contributed by atoms with Crippen LogP contribution in [-0.4, -0.2) is 21.0 Å². The Balaban J connectivity index is 2.13. The number of hydrogen-bond acceptors (Lipinski definition) is 3. The van der Waals surface area contributed by atoms with Gasteiger partial charge in [-0.3, -0.25) is 0 Å². The Kier molecular flexibility index (Phi) is 5.29. The first-order valence-electron chi connectivity index (χ1n) is 8.33. The van der Waals surface area contributed by atoms with E-state index in [9.17, 15) is 30.4 Å². The van der Waals surface area contributed by atoms with E-state index in [1.54, 1.807) is 18.2 Å². The average molecular weight is 430 g/mol. The first kappa shape index (κ1) is 21.0. The summed E-state index contributed by atoms with van der Waals surface area (Å²) in [6.45, 7) is 1.45. The van der Waals surface area contributed by atoms with Crippen molar-refractivity contribution in [3.8, 4) is 5.75 Å². The summed E-state index contributed by atoms with van der Waals surface area (Å²) in [5, 5.41) is 0. The molecule has 0 aliphatic heterocycles. The second kappa shape index (κ2) is 7.29. The van der Waals surface area contributed by atoms with Crippen molar-refractivity contribution in [3.63, 3.8) is 0 Å². The lowest BCUT2D eigenvalue weighted by molar-refractivity contribution is -0.274. The second-order valence-corrected chi connectivity index (χ2v) is 8.55. The predicted molar refractivity (Wildman–Crippen MR) is 97.9 cm³/mol. The molecular weight excluding hydrogens is 415 g/mol. The predicted octanol–water partition coefficient (Wildman–Crippen LogP) is 5.45. The molecule has 0 N–H and O–H groups in total. The molecule has 2 aromatic carbocycles. The van der Waals surface area contributed by atoms with Gasteiger partial charge in [0.05, 0.1) is 0 Å². The van der Waals surface area contributed by atoms with E-state index in [4.69, 9.17) is 0 Å². The molecule has 0 fully saturated rings. The van der Waals surface area contributed by atoms with Gasteiger partial charge in [0.25, 0.3) is 0 Å². The minimum atomic E-state index is -4.87. The van der Waals surface area contributed by atoms with Crippen molar-refractivity contribution in [3.05, 3.63) is 70.8 Å². The lowest BCUT2D eigenvalue weighted by Crippen LogP contribution is -2.17. The van der Waals surface area contributed by atoms with Gasteiger partial charge in [0, 0.05) is 11.8 Å². The normalized spacial score (nSPS) is 14.6. The van der Waals surface area contributed by atoms with Crippen LogP contribution < -0.4 is 4.74 Å². The zero-order valence-electron chi connectivity index (χ0n) is 15.3. The maximum atomic E-state index is 14.6. The number of aryl methyl sites for hydroxylation is 1. The van der Waals surface area contributed by atoms with Gasteiger partial charge in [0.1, 0.15) is 22.3 Å². The van der Waals surface area contributed by atoms with Crippen molar-refractivity contribution in [2.45, 2.75) is 24.6 Å². The third-order valence-corrected chi connectivity index (χ3v) is 5.51. The molecule has 0 atom stereocenters. The number of ether oxygens (including phenoxy) is 1. The lowest BCUT2D eigenvalue weighted by atomic mass is 9.95.